The Balaban J connectivity index is 2.50. The van der Waals surface area contributed by atoms with E-state index in [2.05, 4.69) is 47.0 Å². The highest BCUT2D eigenvalue weighted by molar-refractivity contribution is 9.10. The molecule has 1 aromatic heterocycles. The van der Waals surface area contributed by atoms with Gasteiger partial charge in [-0.3, -0.25) is 0 Å². The lowest BCUT2D eigenvalue weighted by Gasteiger charge is -2.11. The fourth-order valence-electron chi connectivity index (χ4n) is 2.21. The Morgan fingerprint density at radius 2 is 2.17 bits per heavy atom. The predicted molar refractivity (Wildman–Crippen MR) is 78.1 cm³/mol. The summed E-state index contributed by atoms with van der Waals surface area (Å²) in [6.45, 7) is 4.92. The molecule has 1 heterocycles. The van der Waals surface area contributed by atoms with Gasteiger partial charge in [-0.05, 0) is 55.6 Å². The molecule has 0 aliphatic rings. The molecule has 0 fully saturated rings. The monoisotopic (exact) mass is 307 g/mol. The van der Waals surface area contributed by atoms with Crippen molar-refractivity contribution in [3.8, 4) is 5.69 Å². The van der Waals surface area contributed by atoms with Crippen molar-refractivity contribution in [2.24, 2.45) is 5.73 Å². The van der Waals surface area contributed by atoms with Crippen LogP contribution in [0.2, 0.25) is 0 Å². The van der Waals surface area contributed by atoms with Gasteiger partial charge >= 0.3 is 0 Å². The molecule has 96 valence electrons. The van der Waals surface area contributed by atoms with Gasteiger partial charge < -0.3 is 5.73 Å². The molecule has 0 radical (unpaired) electrons. The Bertz CT molecular complexity index is 546. The van der Waals surface area contributed by atoms with Crippen molar-refractivity contribution in [1.29, 1.82) is 0 Å². The van der Waals surface area contributed by atoms with E-state index in [9.17, 15) is 0 Å². The first-order valence-electron chi connectivity index (χ1n) is 6.19. The second-order valence-electron chi connectivity index (χ2n) is 4.35. The van der Waals surface area contributed by atoms with Crippen molar-refractivity contribution in [2.75, 3.05) is 6.54 Å². The molecule has 2 aromatic rings. The van der Waals surface area contributed by atoms with E-state index in [0.717, 1.165) is 23.0 Å². The maximum Gasteiger partial charge on any atom is 0.0678 e. The summed E-state index contributed by atoms with van der Waals surface area (Å²) in [5.74, 6) is 0. The van der Waals surface area contributed by atoms with E-state index in [0.29, 0.717) is 6.54 Å². The van der Waals surface area contributed by atoms with E-state index in [1.54, 1.807) is 0 Å². The Labute approximate surface area is 116 Å². The second-order valence-corrected chi connectivity index (χ2v) is 5.27. The summed E-state index contributed by atoms with van der Waals surface area (Å²) in [4.78, 5) is 0. The van der Waals surface area contributed by atoms with Crippen molar-refractivity contribution < 1.29 is 0 Å². The molecule has 0 atom stereocenters. The Morgan fingerprint density at radius 1 is 1.39 bits per heavy atom. The maximum absolute atomic E-state index is 5.64. The number of aromatic nitrogens is 2. The predicted octanol–water partition coefficient (Wildman–Crippen LogP) is 3.01. The third-order valence-corrected chi connectivity index (χ3v) is 3.58. The van der Waals surface area contributed by atoms with E-state index >= 15 is 0 Å². The minimum atomic E-state index is 0.665. The second kappa shape index (κ2) is 5.67. The summed E-state index contributed by atoms with van der Waals surface area (Å²) < 4.78 is 3.13. The molecule has 4 heteroatoms. The lowest BCUT2D eigenvalue weighted by molar-refractivity contribution is 0.800. The molecule has 0 saturated carbocycles. The van der Waals surface area contributed by atoms with Gasteiger partial charge in [0.1, 0.15) is 0 Å². The Hall–Kier alpha value is -1.13. The standard InChI is InChI=1S/C14H18BrN3/c1-3-13-11(6-7-16)9-17-18(13)14-5-4-12(15)8-10(14)2/h4-5,8-9H,3,6-7,16H2,1-2H3. The van der Waals surface area contributed by atoms with Gasteiger partial charge in [-0.25, -0.2) is 4.68 Å². The van der Waals surface area contributed by atoms with Crippen LogP contribution >= 0.6 is 15.9 Å². The number of aryl methyl sites for hydroxylation is 1. The molecular weight excluding hydrogens is 290 g/mol. The lowest BCUT2D eigenvalue weighted by atomic mass is 10.1. The van der Waals surface area contributed by atoms with E-state index in [1.165, 1.54) is 16.8 Å². The number of benzene rings is 1. The Kier molecular flexibility index (Phi) is 4.19. The van der Waals surface area contributed by atoms with Gasteiger partial charge in [0, 0.05) is 10.2 Å². The van der Waals surface area contributed by atoms with E-state index in [1.807, 2.05) is 16.9 Å². The van der Waals surface area contributed by atoms with Crippen LogP contribution in [-0.4, -0.2) is 16.3 Å². The number of halogens is 1. The van der Waals surface area contributed by atoms with Crippen LogP contribution in [0.3, 0.4) is 0 Å². The normalized spacial score (nSPS) is 10.9. The van der Waals surface area contributed by atoms with Gasteiger partial charge in [0.2, 0.25) is 0 Å². The van der Waals surface area contributed by atoms with Crippen molar-refractivity contribution in [2.45, 2.75) is 26.7 Å². The molecule has 0 aliphatic heterocycles. The molecular formula is C14H18BrN3. The van der Waals surface area contributed by atoms with Crippen LogP contribution in [0, 0.1) is 6.92 Å². The van der Waals surface area contributed by atoms with E-state index in [4.69, 9.17) is 5.73 Å². The highest BCUT2D eigenvalue weighted by Crippen LogP contribution is 2.22. The summed E-state index contributed by atoms with van der Waals surface area (Å²) in [5, 5.41) is 4.51. The molecule has 2 N–H and O–H groups in total. The third kappa shape index (κ3) is 2.49. The van der Waals surface area contributed by atoms with Gasteiger partial charge in [0.05, 0.1) is 11.9 Å². The molecule has 0 amide bonds. The van der Waals surface area contributed by atoms with Gasteiger partial charge in [-0.2, -0.15) is 5.10 Å². The van der Waals surface area contributed by atoms with Gasteiger partial charge in [-0.15, -0.1) is 0 Å². The van der Waals surface area contributed by atoms with Crippen molar-refractivity contribution in [3.63, 3.8) is 0 Å². The first-order chi connectivity index (χ1) is 8.67. The average molecular weight is 308 g/mol. The summed E-state index contributed by atoms with van der Waals surface area (Å²) in [6.07, 6.45) is 3.79. The third-order valence-electron chi connectivity index (χ3n) is 3.09. The highest BCUT2D eigenvalue weighted by atomic mass is 79.9. The fraction of sp³-hybridized carbons (Fsp3) is 0.357. The van der Waals surface area contributed by atoms with Crippen LogP contribution < -0.4 is 5.73 Å². The highest BCUT2D eigenvalue weighted by Gasteiger charge is 2.11. The molecule has 2 rings (SSSR count). The number of nitrogens with two attached hydrogens (primary N) is 1. The van der Waals surface area contributed by atoms with E-state index in [-0.39, 0.29) is 0 Å². The summed E-state index contributed by atoms with van der Waals surface area (Å²) >= 11 is 3.49. The maximum atomic E-state index is 5.64. The molecule has 1 aromatic carbocycles. The molecule has 0 unspecified atom stereocenters. The van der Waals surface area contributed by atoms with Crippen molar-refractivity contribution >= 4 is 15.9 Å². The average Bonchev–Trinajstić information content (AvgIpc) is 2.72. The molecule has 0 bridgehead atoms. The first-order valence-corrected chi connectivity index (χ1v) is 6.99. The SMILES string of the molecule is CCc1c(CCN)cnn1-c1ccc(Br)cc1C. The zero-order valence-corrected chi connectivity index (χ0v) is 12.4. The zero-order valence-electron chi connectivity index (χ0n) is 10.8. The summed E-state index contributed by atoms with van der Waals surface area (Å²) in [5.41, 5.74) is 10.5. The number of nitrogens with zero attached hydrogens (tertiary/aromatic N) is 2. The zero-order chi connectivity index (χ0) is 13.1. The number of rotatable bonds is 4. The minimum absolute atomic E-state index is 0.665. The van der Waals surface area contributed by atoms with Gasteiger partial charge in [0.25, 0.3) is 0 Å². The van der Waals surface area contributed by atoms with Crippen LogP contribution in [0.25, 0.3) is 5.69 Å². The Morgan fingerprint density at radius 3 is 2.78 bits per heavy atom. The largest absolute Gasteiger partial charge is 0.330 e. The van der Waals surface area contributed by atoms with Crippen LogP contribution in [-0.2, 0) is 12.8 Å². The smallest absolute Gasteiger partial charge is 0.0678 e. The summed E-state index contributed by atoms with van der Waals surface area (Å²) in [6, 6.07) is 6.25. The quantitative estimate of drug-likeness (QED) is 0.943. The molecule has 18 heavy (non-hydrogen) atoms. The van der Waals surface area contributed by atoms with E-state index < -0.39 is 0 Å². The van der Waals surface area contributed by atoms with Crippen molar-refractivity contribution in [3.05, 3.63) is 45.7 Å². The molecule has 3 nitrogen and oxygen atoms in total. The summed E-state index contributed by atoms with van der Waals surface area (Å²) in [7, 11) is 0. The van der Waals surface area contributed by atoms with Crippen LogP contribution in [0.4, 0.5) is 0 Å². The molecule has 0 aliphatic carbocycles. The van der Waals surface area contributed by atoms with Gasteiger partial charge in [-0.1, -0.05) is 22.9 Å². The minimum Gasteiger partial charge on any atom is -0.330 e. The first kappa shape index (κ1) is 13.3. The molecule has 0 spiro atoms. The lowest BCUT2D eigenvalue weighted by Crippen LogP contribution is -2.07. The number of hydrogen-bond acceptors (Lipinski definition) is 2. The molecule has 0 saturated heterocycles. The van der Waals surface area contributed by atoms with Crippen LogP contribution in [0.5, 0.6) is 0 Å². The topological polar surface area (TPSA) is 43.8 Å². The number of hydrogen-bond donors (Lipinski definition) is 1. The van der Waals surface area contributed by atoms with Crippen LogP contribution in [0.15, 0.2) is 28.9 Å². The van der Waals surface area contributed by atoms with Crippen molar-refractivity contribution in [1.82, 2.24) is 9.78 Å². The fourth-order valence-corrected chi connectivity index (χ4v) is 2.69. The van der Waals surface area contributed by atoms with Crippen LogP contribution in [0.1, 0.15) is 23.7 Å². The van der Waals surface area contributed by atoms with Gasteiger partial charge in [0.15, 0.2) is 0 Å².